The van der Waals surface area contributed by atoms with E-state index in [0.717, 1.165) is 41.5 Å². The molecule has 0 bridgehead atoms. The molecule has 2 aliphatic heterocycles. The van der Waals surface area contributed by atoms with Crippen molar-refractivity contribution in [1.29, 1.82) is 0 Å². The Morgan fingerprint density at radius 1 is 0.610 bits per heavy atom. The second-order valence-electron chi connectivity index (χ2n) is 13.3. The molecule has 0 saturated carbocycles. The van der Waals surface area contributed by atoms with Crippen molar-refractivity contribution in [3.05, 3.63) is 71.8 Å². The zero-order chi connectivity index (χ0) is 43.3. The van der Waals surface area contributed by atoms with Crippen LogP contribution in [0.3, 0.4) is 0 Å². The van der Waals surface area contributed by atoms with E-state index in [9.17, 15) is 33.3 Å². The van der Waals surface area contributed by atoms with Crippen molar-refractivity contribution >= 4 is 43.6 Å². The third-order valence-electron chi connectivity index (χ3n) is 8.39. The standard InChI is InChI=1S/C38H47FNO18P/c1-21(41)40-32-36(54-26(6)46)34(52-24(4)44)30(20-49-23(3)43)56-38(32)57-33-29(19-48-22(2)42)55-37(31(39)35(33)53-25(5)45)58-59(47,50-17-27-13-9-7-10-14-27)51-18-28-15-11-8-12-16-28/h7-16,29-38H,17-20H2,1-6H3,(H,40,41)/t29-,30-,31-,32-,33-,34-,35-,36-,37-,38+/m1/s1. The van der Waals surface area contributed by atoms with Crippen LogP contribution < -0.4 is 5.32 Å². The first-order valence-electron chi connectivity index (χ1n) is 18.3. The van der Waals surface area contributed by atoms with Crippen LogP contribution in [0.5, 0.6) is 0 Å². The third kappa shape index (κ3) is 14.5. The van der Waals surface area contributed by atoms with E-state index < -0.39 is 118 Å². The molecule has 2 saturated heterocycles. The number of phosphoric acid groups is 1. The Bertz CT molecular complexity index is 1760. The molecule has 21 heteroatoms. The summed E-state index contributed by atoms with van der Waals surface area (Å²) in [5.41, 5.74) is 1.10. The first kappa shape index (κ1) is 46.9. The Labute approximate surface area is 338 Å². The van der Waals surface area contributed by atoms with Crippen molar-refractivity contribution in [2.45, 2.75) is 116 Å². The Hall–Kier alpha value is -4.82. The van der Waals surface area contributed by atoms with E-state index in [-0.39, 0.29) is 13.2 Å². The van der Waals surface area contributed by atoms with Gasteiger partial charge in [0.05, 0.1) is 13.2 Å². The van der Waals surface area contributed by atoms with Gasteiger partial charge in [-0.25, -0.2) is 8.96 Å². The van der Waals surface area contributed by atoms with Gasteiger partial charge in [0.1, 0.15) is 37.6 Å². The van der Waals surface area contributed by atoms with Gasteiger partial charge in [0.15, 0.2) is 30.8 Å². The lowest BCUT2D eigenvalue weighted by Gasteiger charge is -2.48. The van der Waals surface area contributed by atoms with Gasteiger partial charge < -0.3 is 43.2 Å². The molecule has 0 unspecified atom stereocenters. The maximum absolute atomic E-state index is 16.9. The number of carbonyl (C=O) groups excluding carboxylic acids is 6. The number of hydrogen-bond donors (Lipinski definition) is 1. The van der Waals surface area contributed by atoms with Crippen LogP contribution in [0, 0.1) is 0 Å². The average molecular weight is 856 g/mol. The summed E-state index contributed by atoms with van der Waals surface area (Å²) in [4.78, 5) is 73.6. The fourth-order valence-corrected chi connectivity index (χ4v) is 7.25. The number of nitrogens with one attached hydrogen (secondary N) is 1. The number of halogens is 1. The minimum Gasteiger partial charge on any atom is -0.463 e. The van der Waals surface area contributed by atoms with E-state index in [0.29, 0.717) is 11.1 Å². The third-order valence-corrected chi connectivity index (χ3v) is 9.74. The van der Waals surface area contributed by atoms with Crippen LogP contribution in [0.1, 0.15) is 52.7 Å². The van der Waals surface area contributed by atoms with Crippen LogP contribution in [0.2, 0.25) is 0 Å². The van der Waals surface area contributed by atoms with Gasteiger partial charge in [-0.15, -0.1) is 0 Å². The van der Waals surface area contributed by atoms with Gasteiger partial charge in [-0.3, -0.25) is 42.3 Å². The molecule has 2 aromatic carbocycles. The van der Waals surface area contributed by atoms with E-state index in [4.69, 9.17) is 51.5 Å². The predicted octanol–water partition coefficient (Wildman–Crippen LogP) is 3.14. The van der Waals surface area contributed by atoms with Crippen LogP contribution in [0.4, 0.5) is 4.39 Å². The number of phosphoric ester groups is 1. The van der Waals surface area contributed by atoms with Crippen LogP contribution in [0.15, 0.2) is 60.7 Å². The molecule has 19 nitrogen and oxygen atoms in total. The second-order valence-corrected chi connectivity index (χ2v) is 14.9. The zero-order valence-electron chi connectivity index (χ0n) is 33.0. The number of esters is 5. The van der Waals surface area contributed by atoms with Gasteiger partial charge in [-0.2, -0.15) is 0 Å². The number of ether oxygens (including phenoxy) is 8. The fourth-order valence-electron chi connectivity index (χ4n) is 6.02. The highest BCUT2D eigenvalue weighted by atomic mass is 31.2. The summed E-state index contributed by atoms with van der Waals surface area (Å²) in [5, 5.41) is 2.50. The molecule has 2 aromatic rings. The van der Waals surface area contributed by atoms with Crippen molar-refractivity contribution in [3.8, 4) is 0 Å². The van der Waals surface area contributed by atoms with Crippen LogP contribution in [0.25, 0.3) is 0 Å². The molecular weight excluding hydrogens is 808 g/mol. The lowest BCUT2D eigenvalue weighted by Crippen LogP contribution is -2.69. The summed E-state index contributed by atoms with van der Waals surface area (Å²) in [6, 6.07) is 15.4. The van der Waals surface area contributed by atoms with Crippen molar-refractivity contribution in [2.75, 3.05) is 13.2 Å². The highest BCUT2D eigenvalue weighted by Crippen LogP contribution is 2.54. The first-order valence-corrected chi connectivity index (χ1v) is 19.7. The van der Waals surface area contributed by atoms with Crippen molar-refractivity contribution in [3.63, 3.8) is 0 Å². The average Bonchev–Trinajstić information content (AvgIpc) is 3.16. The molecule has 2 fully saturated rings. The molecule has 2 heterocycles. The Morgan fingerprint density at radius 2 is 1.05 bits per heavy atom. The SMILES string of the molecule is CC(=O)N[C@H]1[C@H](O[C@H]2[C@H](OC(C)=O)[C@@H](F)[C@@H](OP(=O)(OCc3ccccc3)OCc3ccccc3)O[C@@H]2COC(C)=O)O[C@H](COC(C)=O)[C@@H](OC(C)=O)[C@@H]1OC(C)=O. The molecule has 4 rings (SSSR count). The summed E-state index contributed by atoms with van der Waals surface area (Å²) in [6.45, 7) is 4.32. The minimum atomic E-state index is -4.78. The summed E-state index contributed by atoms with van der Waals surface area (Å²) in [6.07, 6.45) is -16.6. The van der Waals surface area contributed by atoms with E-state index in [1.165, 1.54) is 0 Å². The number of carbonyl (C=O) groups is 6. The Kier molecular flexibility index (Phi) is 17.5. The second kappa shape index (κ2) is 22.0. The summed E-state index contributed by atoms with van der Waals surface area (Å²) in [5.74, 6) is -5.14. The largest absolute Gasteiger partial charge is 0.477 e. The molecule has 0 radical (unpaired) electrons. The molecule has 1 N–H and O–H groups in total. The van der Waals surface area contributed by atoms with Gasteiger partial charge in [0.2, 0.25) is 12.2 Å². The lowest BCUT2D eigenvalue weighted by atomic mass is 9.95. The van der Waals surface area contributed by atoms with Gasteiger partial charge in [-0.1, -0.05) is 60.7 Å². The molecule has 1 amide bonds. The predicted molar refractivity (Wildman–Crippen MR) is 196 cm³/mol. The van der Waals surface area contributed by atoms with E-state index in [2.05, 4.69) is 5.32 Å². The van der Waals surface area contributed by atoms with E-state index in [1.54, 1.807) is 60.7 Å². The van der Waals surface area contributed by atoms with Crippen LogP contribution >= 0.6 is 7.82 Å². The molecule has 59 heavy (non-hydrogen) atoms. The summed E-state index contributed by atoms with van der Waals surface area (Å²) >= 11 is 0. The first-order chi connectivity index (χ1) is 27.9. The highest BCUT2D eigenvalue weighted by molar-refractivity contribution is 7.48. The van der Waals surface area contributed by atoms with Crippen LogP contribution in [-0.2, 0) is 98.0 Å². The Morgan fingerprint density at radius 3 is 1.51 bits per heavy atom. The molecule has 0 aromatic heterocycles. The molecule has 2 aliphatic rings. The number of alkyl halides is 1. The topological polar surface area (TPSA) is 233 Å². The monoisotopic (exact) mass is 855 g/mol. The van der Waals surface area contributed by atoms with Crippen molar-refractivity contribution in [2.24, 2.45) is 0 Å². The molecule has 324 valence electrons. The zero-order valence-corrected chi connectivity index (χ0v) is 33.9. The normalized spacial score (nSPS) is 26.8. The van der Waals surface area contributed by atoms with Crippen molar-refractivity contribution < 1.29 is 89.2 Å². The summed E-state index contributed by atoms with van der Waals surface area (Å²) < 4.78 is 93.0. The highest BCUT2D eigenvalue weighted by Gasteiger charge is 2.57. The van der Waals surface area contributed by atoms with Gasteiger partial charge in [0, 0.05) is 41.5 Å². The van der Waals surface area contributed by atoms with Crippen molar-refractivity contribution in [1.82, 2.24) is 5.32 Å². The molecule has 10 atom stereocenters. The summed E-state index contributed by atoms with van der Waals surface area (Å²) in [7, 11) is -4.78. The maximum atomic E-state index is 16.9. The molecule has 0 spiro atoms. The number of hydrogen-bond acceptors (Lipinski definition) is 18. The number of rotatable bonds is 18. The quantitative estimate of drug-likeness (QED) is 0.129. The Balaban J connectivity index is 1.74. The molecular formula is C38H47FNO18P. The fraction of sp³-hybridized carbons (Fsp3) is 0.526. The van der Waals surface area contributed by atoms with Gasteiger partial charge in [0.25, 0.3) is 0 Å². The minimum absolute atomic E-state index is 0.317. The smallest absolute Gasteiger partial charge is 0.463 e. The van der Waals surface area contributed by atoms with E-state index >= 15 is 4.39 Å². The van der Waals surface area contributed by atoms with E-state index in [1.807, 2.05) is 0 Å². The number of benzene rings is 2. The number of amides is 1. The lowest BCUT2D eigenvalue weighted by molar-refractivity contribution is -0.334. The maximum Gasteiger partial charge on any atom is 0.477 e. The van der Waals surface area contributed by atoms with Gasteiger partial charge in [-0.05, 0) is 11.1 Å². The van der Waals surface area contributed by atoms with Gasteiger partial charge >= 0.3 is 37.7 Å². The molecule has 0 aliphatic carbocycles. The van der Waals surface area contributed by atoms with Crippen LogP contribution in [-0.4, -0.2) is 110 Å².